The van der Waals surface area contributed by atoms with Gasteiger partial charge in [0.1, 0.15) is 0 Å². The van der Waals surface area contributed by atoms with Gasteiger partial charge in [-0.15, -0.1) is 0 Å². The van der Waals surface area contributed by atoms with E-state index in [-0.39, 0.29) is 0 Å². The van der Waals surface area contributed by atoms with E-state index in [1.165, 1.54) is 42.7 Å². The summed E-state index contributed by atoms with van der Waals surface area (Å²) in [4.78, 5) is 12.5. The quantitative estimate of drug-likeness (QED) is 0.179. The second-order valence-corrected chi connectivity index (χ2v) is 16.7. The van der Waals surface area contributed by atoms with Crippen LogP contribution in [0.3, 0.4) is 0 Å². The second kappa shape index (κ2) is 12.4. The van der Waals surface area contributed by atoms with Gasteiger partial charge in [-0.05, 0) is 130 Å². The van der Waals surface area contributed by atoms with Gasteiger partial charge in [0.25, 0.3) is 0 Å². The first-order chi connectivity index (χ1) is 29.7. The Balaban J connectivity index is 1.08. The fraction of sp³-hybridized carbons (Fsp3) is 0.0185. The molecule has 60 heavy (non-hydrogen) atoms. The zero-order valence-corrected chi connectivity index (χ0v) is 32.9. The van der Waals surface area contributed by atoms with E-state index < -0.39 is 5.41 Å². The maximum Gasteiger partial charge on any atom is 0.0991 e. The molecule has 0 atom stereocenters. The maximum atomic E-state index is 9.94. The molecule has 0 N–H and O–H groups in total. The normalized spacial score (nSPS) is 13.4. The maximum absolute atomic E-state index is 9.94. The summed E-state index contributed by atoms with van der Waals surface area (Å²) in [5, 5.41) is 14.6. The second-order valence-electron chi connectivity index (χ2n) is 15.7. The van der Waals surface area contributed by atoms with Crippen LogP contribution in [0.2, 0.25) is 0 Å². The molecular formula is C54H31N5S. The Morgan fingerprint density at radius 1 is 0.433 bits per heavy atom. The van der Waals surface area contributed by atoms with Crippen molar-refractivity contribution in [1.82, 2.24) is 19.1 Å². The average molecular weight is 782 g/mol. The van der Waals surface area contributed by atoms with Gasteiger partial charge in [-0.2, -0.15) is 5.26 Å². The fourth-order valence-corrected chi connectivity index (χ4v) is 11.4. The molecular weight excluding hydrogens is 751 g/mol. The Hall–Kier alpha value is -7.72. The Bertz CT molecular complexity index is 3570. The van der Waals surface area contributed by atoms with Gasteiger partial charge in [-0.3, -0.25) is 9.97 Å². The van der Waals surface area contributed by atoms with Crippen molar-refractivity contribution in [2.24, 2.45) is 0 Å². The highest BCUT2D eigenvalue weighted by Crippen LogP contribution is 2.62. The molecule has 0 fully saturated rings. The minimum Gasteiger partial charge on any atom is -0.309 e. The van der Waals surface area contributed by atoms with Crippen LogP contribution in [0.5, 0.6) is 0 Å². The van der Waals surface area contributed by atoms with Crippen LogP contribution in [0, 0.1) is 11.3 Å². The molecule has 6 heteroatoms. The van der Waals surface area contributed by atoms with Crippen molar-refractivity contribution in [2.75, 3.05) is 0 Å². The molecule has 5 nitrogen and oxygen atoms in total. The Labute approximate surface area is 349 Å². The van der Waals surface area contributed by atoms with E-state index in [4.69, 9.17) is 9.97 Å². The van der Waals surface area contributed by atoms with Crippen LogP contribution in [0.1, 0.15) is 27.8 Å². The van der Waals surface area contributed by atoms with Crippen molar-refractivity contribution in [3.05, 3.63) is 216 Å². The molecule has 11 aromatic rings. The predicted molar refractivity (Wildman–Crippen MR) is 242 cm³/mol. The van der Waals surface area contributed by atoms with E-state index >= 15 is 0 Å². The van der Waals surface area contributed by atoms with Gasteiger partial charge in [0.15, 0.2) is 0 Å². The highest BCUT2D eigenvalue weighted by atomic mass is 32.2. The number of pyridine rings is 2. The monoisotopic (exact) mass is 781 g/mol. The fourth-order valence-electron chi connectivity index (χ4n) is 10.2. The number of fused-ring (bicyclic) bond motifs is 15. The van der Waals surface area contributed by atoms with Crippen molar-refractivity contribution in [3.8, 4) is 40.0 Å². The molecule has 4 aromatic heterocycles. The molecule has 1 aliphatic carbocycles. The van der Waals surface area contributed by atoms with Gasteiger partial charge in [0.2, 0.25) is 0 Å². The zero-order chi connectivity index (χ0) is 39.5. The summed E-state index contributed by atoms with van der Waals surface area (Å²) in [6.07, 6.45) is 3.78. The number of benzene rings is 7. The molecule has 2 aliphatic rings. The Morgan fingerprint density at radius 2 is 0.983 bits per heavy atom. The van der Waals surface area contributed by atoms with Crippen LogP contribution < -0.4 is 0 Å². The highest BCUT2D eigenvalue weighted by Gasteiger charge is 2.51. The molecule has 1 spiro atoms. The summed E-state index contributed by atoms with van der Waals surface area (Å²) >= 11 is 1.84. The number of rotatable bonds is 3. The largest absolute Gasteiger partial charge is 0.309 e. The lowest BCUT2D eigenvalue weighted by Crippen LogP contribution is -2.32. The summed E-state index contributed by atoms with van der Waals surface area (Å²) in [5.74, 6) is 0. The minimum atomic E-state index is -0.678. The van der Waals surface area contributed by atoms with E-state index in [9.17, 15) is 5.26 Å². The molecule has 13 rings (SSSR count). The lowest BCUT2D eigenvalue weighted by molar-refractivity contribution is 0.718. The first-order valence-electron chi connectivity index (χ1n) is 20.1. The van der Waals surface area contributed by atoms with E-state index in [1.54, 1.807) is 0 Å². The summed E-state index contributed by atoms with van der Waals surface area (Å²) < 4.78 is 4.71. The summed E-state index contributed by atoms with van der Waals surface area (Å²) in [6, 6.07) is 65.7. The van der Waals surface area contributed by atoms with E-state index in [2.05, 4.69) is 173 Å². The molecule has 278 valence electrons. The van der Waals surface area contributed by atoms with Crippen molar-refractivity contribution in [3.63, 3.8) is 0 Å². The Morgan fingerprint density at radius 3 is 1.68 bits per heavy atom. The van der Waals surface area contributed by atoms with Crippen molar-refractivity contribution in [2.45, 2.75) is 15.2 Å². The summed E-state index contributed by atoms with van der Waals surface area (Å²) in [5.41, 5.74) is 15.5. The number of hydrogen-bond acceptors (Lipinski definition) is 4. The Kier molecular flexibility index (Phi) is 6.87. The third-order valence-corrected chi connectivity index (χ3v) is 13.9. The van der Waals surface area contributed by atoms with E-state index in [1.807, 2.05) is 42.4 Å². The molecule has 0 radical (unpaired) electrons. The van der Waals surface area contributed by atoms with Crippen molar-refractivity contribution in [1.29, 1.82) is 5.26 Å². The van der Waals surface area contributed by atoms with E-state index in [0.29, 0.717) is 5.56 Å². The van der Waals surface area contributed by atoms with Crippen LogP contribution in [0.25, 0.3) is 77.5 Å². The van der Waals surface area contributed by atoms with Gasteiger partial charge in [-0.25, -0.2) is 0 Å². The van der Waals surface area contributed by atoms with Gasteiger partial charge < -0.3 is 9.13 Å². The smallest absolute Gasteiger partial charge is 0.0991 e. The molecule has 0 unspecified atom stereocenters. The molecule has 0 amide bonds. The number of nitrogens with zero attached hydrogens (tertiary/aromatic N) is 5. The van der Waals surface area contributed by atoms with Crippen LogP contribution in [-0.4, -0.2) is 19.1 Å². The van der Waals surface area contributed by atoms with Gasteiger partial charge >= 0.3 is 0 Å². The van der Waals surface area contributed by atoms with Crippen LogP contribution >= 0.6 is 11.8 Å². The van der Waals surface area contributed by atoms with Gasteiger partial charge in [-0.1, -0.05) is 90.6 Å². The molecule has 0 saturated carbocycles. The highest BCUT2D eigenvalue weighted by molar-refractivity contribution is 7.99. The topological polar surface area (TPSA) is 59.4 Å². The molecule has 1 aliphatic heterocycles. The van der Waals surface area contributed by atoms with Crippen LogP contribution in [0.4, 0.5) is 0 Å². The molecule has 0 saturated heterocycles. The van der Waals surface area contributed by atoms with Crippen LogP contribution in [-0.2, 0) is 5.41 Å². The van der Waals surface area contributed by atoms with Gasteiger partial charge in [0.05, 0.1) is 50.5 Å². The van der Waals surface area contributed by atoms with Crippen LogP contribution in [0.15, 0.2) is 198 Å². The average Bonchev–Trinajstić information content (AvgIpc) is 3.93. The van der Waals surface area contributed by atoms with E-state index in [0.717, 1.165) is 66.8 Å². The summed E-state index contributed by atoms with van der Waals surface area (Å²) in [7, 11) is 0. The third kappa shape index (κ3) is 4.42. The van der Waals surface area contributed by atoms with Crippen molar-refractivity contribution >= 4 is 55.4 Å². The summed E-state index contributed by atoms with van der Waals surface area (Å²) in [6.45, 7) is 0. The SMILES string of the molecule is N#Cc1ccc2c(c1)c1cc(-c3ccc4c(c3)C3(c5cc(-n6c7ccccc7c7ccccc76)ccc5S4)c4cccnc4-c4ncccc43)ccc1n2-c1ccccc1. The molecule has 0 bridgehead atoms. The number of para-hydroxylation sites is 3. The zero-order valence-electron chi connectivity index (χ0n) is 32.0. The minimum absolute atomic E-state index is 0.646. The third-order valence-electron chi connectivity index (χ3n) is 12.7. The molecule has 7 aromatic carbocycles. The van der Waals surface area contributed by atoms with Gasteiger partial charge in [0, 0.05) is 55.1 Å². The lowest BCUT2D eigenvalue weighted by Gasteiger charge is -2.39. The number of hydrogen-bond donors (Lipinski definition) is 0. The van der Waals surface area contributed by atoms with Crippen molar-refractivity contribution < 1.29 is 0 Å². The standard InChI is InChI=1S/C54H31N5S/c55-32-33-18-22-48-40(28-33)41-29-34(19-23-49(41)58(48)36-10-2-1-3-11-36)35-20-24-50-44(30-35)54(42-14-8-26-56-52(42)53-43(54)15-9-27-57-53)45-31-37(21-25-51(45)60-50)59-46-16-6-4-12-38(46)39-13-5-7-17-47(39)59/h1-31H. The first-order valence-corrected chi connectivity index (χ1v) is 20.9. The number of nitriles is 1. The lowest BCUT2D eigenvalue weighted by atomic mass is 9.67. The predicted octanol–water partition coefficient (Wildman–Crippen LogP) is 13.0. The molecule has 5 heterocycles. The number of aromatic nitrogens is 4. The first kappa shape index (κ1) is 33.3.